The first-order valence-electron chi connectivity index (χ1n) is 12.0. The summed E-state index contributed by atoms with van der Waals surface area (Å²) < 4.78 is 10.7. The largest absolute Gasteiger partial charge is 0.497 e. The van der Waals surface area contributed by atoms with Gasteiger partial charge in [0.05, 0.1) is 14.2 Å². The van der Waals surface area contributed by atoms with Gasteiger partial charge in [0.2, 0.25) is 0 Å². The van der Waals surface area contributed by atoms with Gasteiger partial charge in [0.15, 0.2) is 0 Å². The van der Waals surface area contributed by atoms with Crippen molar-refractivity contribution in [3.63, 3.8) is 0 Å². The molecule has 0 aliphatic rings. The molecule has 0 N–H and O–H groups in total. The van der Waals surface area contributed by atoms with Crippen LogP contribution in [0, 0.1) is 22.7 Å². The Morgan fingerprint density at radius 3 is 1.59 bits per heavy atom. The molecule has 39 heavy (non-hydrogen) atoms. The van der Waals surface area contributed by atoms with Gasteiger partial charge in [0.25, 0.3) is 0 Å². The second kappa shape index (κ2) is 11.7. The van der Waals surface area contributed by atoms with Crippen LogP contribution in [-0.2, 0) is 0 Å². The number of benzene rings is 3. The van der Waals surface area contributed by atoms with E-state index in [0.29, 0.717) is 0 Å². The third kappa shape index (κ3) is 5.71. The van der Waals surface area contributed by atoms with Crippen molar-refractivity contribution in [2.45, 2.75) is 0 Å². The Balaban J connectivity index is 1.43. The van der Waals surface area contributed by atoms with Crippen LogP contribution in [0.3, 0.4) is 0 Å². The van der Waals surface area contributed by atoms with Crippen molar-refractivity contribution in [3.05, 3.63) is 108 Å². The first-order chi connectivity index (χ1) is 19.1. The Morgan fingerprint density at radius 1 is 0.615 bits per heavy atom. The van der Waals surface area contributed by atoms with E-state index >= 15 is 0 Å². The summed E-state index contributed by atoms with van der Waals surface area (Å²) in [6.07, 6.45) is 1.62. The number of rotatable bonds is 8. The smallest absolute Gasteiger partial charge is 0.131 e. The molecule has 5 nitrogen and oxygen atoms in total. The molecule has 0 atom stereocenters. The fourth-order valence-corrected chi connectivity index (χ4v) is 6.16. The molecule has 0 saturated heterocycles. The van der Waals surface area contributed by atoms with E-state index in [-0.39, 0.29) is 5.57 Å². The van der Waals surface area contributed by atoms with Gasteiger partial charge in [0.1, 0.15) is 29.2 Å². The van der Waals surface area contributed by atoms with Crippen LogP contribution in [0.25, 0.3) is 26.3 Å². The lowest BCUT2D eigenvalue weighted by Crippen LogP contribution is -2.09. The lowest BCUT2D eigenvalue weighted by molar-refractivity contribution is 0.415. The maximum Gasteiger partial charge on any atom is 0.131 e. The molecule has 0 aliphatic carbocycles. The van der Waals surface area contributed by atoms with E-state index in [1.807, 2.05) is 72.8 Å². The Kier molecular flexibility index (Phi) is 7.75. The summed E-state index contributed by atoms with van der Waals surface area (Å²) >= 11 is 3.28. The highest BCUT2D eigenvalue weighted by atomic mass is 32.1. The molecule has 3 aromatic carbocycles. The van der Waals surface area contributed by atoms with Gasteiger partial charge in [0, 0.05) is 36.6 Å². The molecule has 2 heterocycles. The molecule has 7 heteroatoms. The van der Waals surface area contributed by atoms with E-state index in [2.05, 4.69) is 41.3 Å². The molecule has 0 radical (unpaired) electrons. The van der Waals surface area contributed by atoms with Gasteiger partial charge in [-0.2, -0.15) is 10.5 Å². The molecule has 0 aliphatic heterocycles. The average molecular weight is 546 g/mol. The quantitative estimate of drug-likeness (QED) is 0.182. The van der Waals surface area contributed by atoms with Crippen molar-refractivity contribution < 1.29 is 9.47 Å². The van der Waals surface area contributed by atoms with Crippen molar-refractivity contribution in [1.82, 2.24) is 0 Å². The number of nitriles is 2. The first kappa shape index (κ1) is 25.8. The van der Waals surface area contributed by atoms with Gasteiger partial charge in [-0.25, -0.2) is 0 Å². The van der Waals surface area contributed by atoms with E-state index in [4.69, 9.17) is 20.0 Å². The van der Waals surface area contributed by atoms with Crippen LogP contribution in [0.4, 0.5) is 17.1 Å². The van der Waals surface area contributed by atoms with Crippen molar-refractivity contribution in [2.24, 2.45) is 0 Å². The van der Waals surface area contributed by atoms with Crippen LogP contribution in [0.5, 0.6) is 11.5 Å². The molecule has 0 bridgehead atoms. The van der Waals surface area contributed by atoms with Crippen LogP contribution >= 0.6 is 22.7 Å². The lowest BCUT2D eigenvalue weighted by atomic mass is 10.1. The number of anilines is 3. The maximum atomic E-state index is 9.02. The van der Waals surface area contributed by atoms with E-state index in [1.165, 1.54) is 0 Å². The SMILES string of the molecule is COc1ccc(N(c2ccc(OC)cc2)c2ccc(-c3ccc(-c4ccc(C=C(C#N)C#N)s4)s3)cc2)cc1. The number of thiophene rings is 2. The molecule has 0 fully saturated rings. The minimum absolute atomic E-state index is 0.105. The Bertz CT molecular complexity index is 1620. The van der Waals surface area contributed by atoms with Gasteiger partial charge in [-0.3, -0.25) is 0 Å². The van der Waals surface area contributed by atoms with Crippen molar-refractivity contribution in [1.29, 1.82) is 10.5 Å². The fraction of sp³-hybridized carbons (Fsp3) is 0.0625. The number of hydrogen-bond acceptors (Lipinski definition) is 7. The summed E-state index contributed by atoms with van der Waals surface area (Å²) in [5.74, 6) is 1.61. The number of hydrogen-bond donors (Lipinski definition) is 0. The zero-order chi connectivity index (χ0) is 27.2. The van der Waals surface area contributed by atoms with Crippen LogP contribution in [0.15, 0.2) is 103 Å². The van der Waals surface area contributed by atoms with Crippen LogP contribution in [0.2, 0.25) is 0 Å². The van der Waals surface area contributed by atoms with Crippen molar-refractivity contribution in [3.8, 4) is 43.8 Å². The number of methoxy groups -OCH3 is 2. The highest BCUT2D eigenvalue weighted by molar-refractivity contribution is 7.24. The predicted octanol–water partition coefficient (Wildman–Crippen LogP) is 9.06. The number of nitrogens with zero attached hydrogens (tertiary/aromatic N) is 3. The van der Waals surface area contributed by atoms with E-state index in [9.17, 15) is 0 Å². The number of allylic oxidation sites excluding steroid dienone is 1. The highest BCUT2D eigenvalue weighted by Gasteiger charge is 2.14. The Hall–Kier alpha value is -4.82. The summed E-state index contributed by atoms with van der Waals surface area (Å²) in [5.41, 5.74) is 4.31. The van der Waals surface area contributed by atoms with Gasteiger partial charge in [-0.05, 0) is 96.6 Å². The highest BCUT2D eigenvalue weighted by Crippen LogP contribution is 2.40. The summed E-state index contributed by atoms with van der Waals surface area (Å²) in [6, 6.07) is 36.6. The fourth-order valence-electron chi connectivity index (χ4n) is 4.10. The van der Waals surface area contributed by atoms with E-state index in [0.717, 1.165) is 53.6 Å². The van der Waals surface area contributed by atoms with Gasteiger partial charge in [-0.1, -0.05) is 12.1 Å². The third-order valence-electron chi connectivity index (χ3n) is 6.07. The topological polar surface area (TPSA) is 69.3 Å². The Morgan fingerprint density at radius 2 is 1.08 bits per heavy atom. The molecular weight excluding hydrogens is 523 g/mol. The molecule has 0 unspecified atom stereocenters. The summed E-state index contributed by atoms with van der Waals surface area (Å²) in [5, 5.41) is 18.0. The Labute approximate surface area is 235 Å². The minimum Gasteiger partial charge on any atom is -0.497 e. The molecule has 5 rings (SSSR count). The number of ether oxygens (including phenoxy) is 2. The van der Waals surface area contributed by atoms with Crippen LogP contribution in [0.1, 0.15) is 4.88 Å². The maximum absolute atomic E-state index is 9.02. The van der Waals surface area contributed by atoms with Crippen molar-refractivity contribution >= 4 is 45.8 Å². The summed E-state index contributed by atoms with van der Waals surface area (Å²) in [7, 11) is 3.33. The van der Waals surface area contributed by atoms with Gasteiger partial charge >= 0.3 is 0 Å². The summed E-state index contributed by atoms with van der Waals surface area (Å²) in [4.78, 5) is 6.50. The van der Waals surface area contributed by atoms with E-state index in [1.54, 1.807) is 43.0 Å². The molecule has 0 spiro atoms. The second-order valence-electron chi connectivity index (χ2n) is 8.43. The molecule has 0 saturated carbocycles. The minimum atomic E-state index is 0.105. The molecule has 2 aromatic heterocycles. The lowest BCUT2D eigenvalue weighted by Gasteiger charge is -2.26. The molecule has 5 aromatic rings. The third-order valence-corrected chi connectivity index (χ3v) is 8.44. The van der Waals surface area contributed by atoms with E-state index < -0.39 is 0 Å². The first-order valence-corrected chi connectivity index (χ1v) is 13.7. The van der Waals surface area contributed by atoms with Crippen LogP contribution < -0.4 is 14.4 Å². The zero-order valence-electron chi connectivity index (χ0n) is 21.3. The summed E-state index contributed by atoms with van der Waals surface area (Å²) in [6.45, 7) is 0. The average Bonchev–Trinajstić information content (AvgIpc) is 3.67. The zero-order valence-corrected chi connectivity index (χ0v) is 22.9. The van der Waals surface area contributed by atoms with Crippen LogP contribution in [-0.4, -0.2) is 14.2 Å². The monoisotopic (exact) mass is 545 g/mol. The molecule has 190 valence electrons. The molecule has 0 amide bonds. The second-order valence-corrected chi connectivity index (χ2v) is 10.6. The molecular formula is C32H23N3O2S2. The van der Waals surface area contributed by atoms with Gasteiger partial charge in [-0.15, -0.1) is 22.7 Å². The predicted molar refractivity (Wildman–Crippen MR) is 160 cm³/mol. The van der Waals surface area contributed by atoms with Gasteiger partial charge < -0.3 is 14.4 Å². The normalized spacial score (nSPS) is 10.3. The standard InChI is InChI=1S/C32H23N3O2S2/c1-36-27-11-7-25(8-12-27)35(26-9-13-28(37-2)14-10-26)24-5-3-23(4-6-24)30-17-18-32(39-30)31-16-15-29(38-31)19-22(20-33)21-34/h3-19H,1-2H3. The van der Waals surface area contributed by atoms with Crippen molar-refractivity contribution in [2.75, 3.05) is 19.1 Å².